The van der Waals surface area contributed by atoms with E-state index >= 15 is 0 Å². The van der Waals surface area contributed by atoms with E-state index < -0.39 is 57.0 Å². The summed E-state index contributed by atoms with van der Waals surface area (Å²) in [6.07, 6.45) is -8.31. The third-order valence-electron chi connectivity index (χ3n) is 0.312. The molecule has 0 nitrogen and oxygen atoms in total. The topological polar surface area (TPSA) is 0 Å². The van der Waals surface area contributed by atoms with Gasteiger partial charge in [-0.05, 0) is 0 Å². The fraction of sp³-hybridized carbons (Fsp3) is 1.00. The summed E-state index contributed by atoms with van der Waals surface area (Å²) in [5, 5.41) is 0. The van der Waals surface area contributed by atoms with Crippen LogP contribution in [0.25, 0.3) is 0 Å². The normalized spacial score (nSPS) is 57.0. The second-order valence-electron chi connectivity index (χ2n) is 1.12. The minimum absolute atomic E-state index is 3.82. The quantitative estimate of drug-likeness (QED) is 0.663. The molecule has 0 spiro atoms. The van der Waals surface area contributed by atoms with Crippen molar-refractivity contribution in [3.63, 3.8) is 0 Å². The summed E-state index contributed by atoms with van der Waals surface area (Å²) in [5.74, 6) is 0. The van der Waals surface area contributed by atoms with E-state index in [9.17, 15) is 0 Å². The van der Waals surface area contributed by atoms with Gasteiger partial charge in [-0.1, -0.05) is 0 Å². The molecule has 0 aromatic heterocycles. The second-order valence-corrected chi connectivity index (χ2v) is 6.12. The average Bonchev–Trinajstić information content (AvgIpc) is 2.19. The molecule has 0 N–H and O–H groups in total. The average molecular weight is 239 g/mol. The van der Waals surface area contributed by atoms with Crippen LogP contribution in [0.2, 0.25) is 19.0 Å². The van der Waals surface area contributed by atoms with Crippen LogP contribution in [0.3, 0.4) is 0 Å². The molecule has 0 atom stereocenters. The van der Waals surface area contributed by atoms with Crippen molar-refractivity contribution in [1.82, 2.24) is 0 Å². The summed E-state index contributed by atoms with van der Waals surface area (Å²) in [6.45, 7) is -3.82. The van der Waals surface area contributed by atoms with Gasteiger partial charge in [0.05, 0.1) is 0 Å². The predicted octanol–water partition coefficient (Wildman–Crippen LogP) is 3.12. The van der Waals surface area contributed by atoms with Crippen LogP contribution in [-0.4, -0.2) is 18.4 Å². The Bertz CT molecular complexity index is 476. The molecule has 0 fully saturated rings. The Kier molecular flexibility index (Phi) is 0.377. The van der Waals surface area contributed by atoms with Crippen molar-refractivity contribution in [2.45, 2.75) is 38.6 Å². The van der Waals surface area contributed by atoms with E-state index in [1.165, 1.54) is 0 Å². The molecule has 0 aromatic carbocycles. The van der Waals surface area contributed by atoms with E-state index in [1.54, 1.807) is 0 Å². The van der Waals surface area contributed by atoms with E-state index in [2.05, 4.69) is 0 Å². The zero-order chi connectivity index (χ0) is 22.0. The molecule has 0 bridgehead atoms. The van der Waals surface area contributed by atoms with E-state index in [4.69, 9.17) is 24.7 Å². The van der Waals surface area contributed by atoms with Crippen LogP contribution in [-0.2, 0) is 0 Å². The van der Waals surface area contributed by atoms with Gasteiger partial charge in [-0.25, -0.2) is 0 Å². The molecule has 0 amide bonds. The Labute approximate surface area is 82.8 Å². The summed E-state index contributed by atoms with van der Waals surface area (Å²) >= 11 is -7.54. The Hall–Kier alpha value is 0.799. The van der Waals surface area contributed by atoms with Crippen molar-refractivity contribution in [1.29, 1.82) is 0 Å². The molecule has 0 heterocycles. The first kappa shape index (κ1) is 0.804. The first-order valence-electron chi connectivity index (χ1n) is 10.8. The fourth-order valence-electron chi connectivity index (χ4n) is 0.125. The molecule has 0 rings (SSSR count). The van der Waals surface area contributed by atoms with Gasteiger partial charge < -0.3 is 0 Å². The molecule has 0 saturated heterocycles. The van der Waals surface area contributed by atoms with Crippen molar-refractivity contribution in [3.8, 4) is 0 Å². The number of hydrogen-bond acceptors (Lipinski definition) is 0. The third-order valence-corrected chi connectivity index (χ3v) is 1.74. The zero-order valence-corrected chi connectivity index (χ0v) is 6.85. The molecule has 0 aliphatic heterocycles. The van der Waals surface area contributed by atoms with E-state index in [0.29, 0.717) is 0 Å². The van der Waals surface area contributed by atoms with Crippen LogP contribution in [0.15, 0.2) is 0 Å². The first-order valence-corrected chi connectivity index (χ1v) is 7.46. The Balaban J connectivity index is 7.31. The Morgan fingerprint density at radius 2 is 2.25 bits per heavy atom. The molecule has 50 valence electrons. The molecule has 0 aliphatic carbocycles. The van der Waals surface area contributed by atoms with Crippen molar-refractivity contribution >= 4 is 18.4 Å². The number of rotatable bonds is 3. The summed E-state index contributed by atoms with van der Waals surface area (Å²) in [5.41, 5.74) is 0. The molecule has 0 aliphatic rings. The monoisotopic (exact) mass is 240 g/mol. The predicted molar refractivity (Wildman–Crippen MR) is 43.1 cm³/mol. The fourth-order valence-corrected chi connectivity index (χ4v) is 0.839. The van der Waals surface area contributed by atoms with Crippen LogP contribution >= 0.6 is 0 Å². The summed E-state index contributed by atoms with van der Waals surface area (Å²) in [4.78, 5) is -11.9. The van der Waals surface area contributed by atoms with Gasteiger partial charge >= 0.3 is 81.6 Å². The van der Waals surface area contributed by atoms with Crippen molar-refractivity contribution in [3.05, 3.63) is 0 Å². The van der Waals surface area contributed by atoms with Gasteiger partial charge in [-0.3, -0.25) is 0 Å². The first-order chi connectivity index (χ1) is 10.8. The molecule has 0 aromatic rings. The van der Waals surface area contributed by atoms with Crippen LogP contribution in [0.4, 0.5) is 0 Å². The van der Waals surface area contributed by atoms with Crippen LogP contribution in [0.1, 0.15) is 44.3 Å². The van der Waals surface area contributed by atoms with Gasteiger partial charge in [0.1, 0.15) is 0 Å². The number of hydrogen-bond donors (Lipinski definition) is 0. The van der Waals surface area contributed by atoms with E-state index in [1.807, 2.05) is 0 Å². The second kappa shape index (κ2) is 3.75. The SMILES string of the molecule is [2H]C([2H])([2H])C([2H])([2H])C([2H])([2H])[C]([2H])([2H])[Sn]([C]([2H])([2H])[2H])([C]([2H])([2H])[2H])[C]([2H])([2H])[2H]. The van der Waals surface area contributed by atoms with E-state index in [-0.39, 0.29) is 0 Å². The van der Waals surface area contributed by atoms with Crippen molar-refractivity contribution in [2.75, 3.05) is 0 Å². The van der Waals surface area contributed by atoms with E-state index in [0.717, 1.165) is 0 Å². The molecular weight excluding hydrogens is 203 g/mol. The van der Waals surface area contributed by atoms with Gasteiger partial charge in [0, 0.05) is 0 Å². The maximum absolute atomic E-state index is 7.95. The molecule has 0 unspecified atom stereocenters. The summed E-state index contributed by atoms with van der Waals surface area (Å²) < 4.78 is 131. The standard InChI is InChI=1S/C4H9.3CH3.Sn/c1-3-4-2;;;;/h1,3-4H2,2H3;3*1H3;/i1D2,2D3,3D2,4D2;3*1D3;. The Morgan fingerprint density at radius 3 is 2.75 bits per heavy atom. The zero-order valence-electron chi connectivity index (χ0n) is 22.0. The summed E-state index contributed by atoms with van der Waals surface area (Å²) in [6, 6.07) is 0. The van der Waals surface area contributed by atoms with Crippen molar-refractivity contribution < 1.29 is 24.7 Å². The van der Waals surface area contributed by atoms with Gasteiger partial charge in [-0.15, -0.1) is 0 Å². The van der Waals surface area contributed by atoms with Crippen LogP contribution in [0, 0.1) is 0 Å². The summed E-state index contributed by atoms with van der Waals surface area (Å²) in [7, 11) is 0. The Morgan fingerprint density at radius 1 is 1.50 bits per heavy atom. The molecule has 1 heteroatoms. The molecular formula is C7H18Sn. The molecule has 8 heavy (non-hydrogen) atoms. The van der Waals surface area contributed by atoms with Gasteiger partial charge in [-0.2, -0.15) is 0 Å². The molecule has 0 radical (unpaired) electrons. The maximum atomic E-state index is 7.95. The van der Waals surface area contributed by atoms with Gasteiger partial charge in [0.25, 0.3) is 0 Å². The van der Waals surface area contributed by atoms with Crippen molar-refractivity contribution in [2.24, 2.45) is 0 Å². The third kappa shape index (κ3) is 6.80. The van der Waals surface area contributed by atoms with Crippen LogP contribution in [0.5, 0.6) is 0 Å². The molecule has 0 saturated carbocycles. The van der Waals surface area contributed by atoms with Crippen LogP contribution < -0.4 is 0 Å². The van der Waals surface area contributed by atoms with Gasteiger partial charge in [0.2, 0.25) is 0 Å². The minimum atomic E-state index is -7.54. The van der Waals surface area contributed by atoms with Gasteiger partial charge in [0.15, 0.2) is 0 Å².